The molecule has 1 aliphatic rings. The number of benzene rings is 2. The number of halogens is 1. The van der Waals surface area contributed by atoms with Crippen LogP contribution in [0.5, 0.6) is 5.75 Å². The normalized spacial score (nSPS) is 16.7. The minimum absolute atomic E-state index is 0.0384. The van der Waals surface area contributed by atoms with E-state index in [2.05, 4.69) is 0 Å². The van der Waals surface area contributed by atoms with Crippen LogP contribution in [0.4, 0.5) is 5.69 Å². The molecule has 0 bridgehead atoms. The molecule has 0 aliphatic carbocycles. The molecule has 0 radical (unpaired) electrons. The van der Waals surface area contributed by atoms with Crippen molar-refractivity contribution in [1.82, 2.24) is 0 Å². The van der Waals surface area contributed by atoms with Crippen LogP contribution in [0.3, 0.4) is 0 Å². The number of carbonyl (C=O) groups is 2. The summed E-state index contributed by atoms with van der Waals surface area (Å²) in [5, 5.41) is 0.494. The van der Waals surface area contributed by atoms with E-state index in [-0.39, 0.29) is 18.2 Å². The molecule has 3 rings (SSSR count). The third kappa shape index (κ3) is 3.08. The van der Waals surface area contributed by atoms with E-state index in [1.54, 1.807) is 31.2 Å². The number of aryl methyl sites for hydroxylation is 1. The molecule has 2 aromatic carbocycles. The average Bonchev–Trinajstić information content (AvgIpc) is 2.52. The van der Waals surface area contributed by atoms with Gasteiger partial charge in [-0.1, -0.05) is 29.8 Å². The highest BCUT2D eigenvalue weighted by Gasteiger charge is 2.32. The highest BCUT2D eigenvalue weighted by atomic mass is 35.5. The van der Waals surface area contributed by atoms with Gasteiger partial charge in [-0.25, -0.2) is 0 Å². The van der Waals surface area contributed by atoms with Gasteiger partial charge in [-0.2, -0.15) is 0 Å². The lowest BCUT2D eigenvalue weighted by Gasteiger charge is -2.32. The molecule has 0 fully saturated rings. The molecular formula is C18H16ClNO3. The number of amides is 1. The topological polar surface area (TPSA) is 46.6 Å². The van der Waals surface area contributed by atoms with Gasteiger partial charge in [0.05, 0.1) is 12.2 Å². The summed E-state index contributed by atoms with van der Waals surface area (Å²) < 4.78 is 5.61. The number of fused-ring (bicyclic) bond motifs is 1. The molecule has 0 saturated heterocycles. The lowest BCUT2D eigenvalue weighted by molar-refractivity contribution is -0.125. The molecule has 0 aromatic heterocycles. The van der Waals surface area contributed by atoms with Crippen LogP contribution in [0.25, 0.3) is 0 Å². The molecule has 4 nitrogen and oxygen atoms in total. The SMILES string of the molecule is Cc1ccc2c(c1)N(CC(=O)c1cccc(Cl)c1)C(=O)[C@@H](C)O2. The van der Waals surface area contributed by atoms with Crippen LogP contribution in [0.15, 0.2) is 42.5 Å². The van der Waals surface area contributed by atoms with Crippen LogP contribution < -0.4 is 9.64 Å². The van der Waals surface area contributed by atoms with E-state index in [4.69, 9.17) is 16.3 Å². The quantitative estimate of drug-likeness (QED) is 0.808. The van der Waals surface area contributed by atoms with Gasteiger partial charge in [0.15, 0.2) is 11.9 Å². The number of ether oxygens (including phenoxy) is 1. The van der Waals surface area contributed by atoms with Crippen molar-refractivity contribution in [2.75, 3.05) is 11.4 Å². The van der Waals surface area contributed by atoms with E-state index in [9.17, 15) is 9.59 Å². The summed E-state index contributed by atoms with van der Waals surface area (Å²) in [4.78, 5) is 26.5. The summed E-state index contributed by atoms with van der Waals surface area (Å²) in [5.74, 6) is 0.225. The number of Topliss-reactive ketones (excluding diaryl/α,β-unsaturated/α-hetero) is 1. The van der Waals surface area contributed by atoms with Gasteiger partial charge in [0.1, 0.15) is 5.75 Å². The second-order valence-electron chi connectivity index (χ2n) is 5.59. The van der Waals surface area contributed by atoms with Gasteiger partial charge in [-0.15, -0.1) is 0 Å². The highest BCUT2D eigenvalue weighted by molar-refractivity contribution is 6.31. The van der Waals surface area contributed by atoms with E-state index in [1.165, 1.54) is 4.90 Å². The van der Waals surface area contributed by atoms with Crippen molar-refractivity contribution in [2.45, 2.75) is 20.0 Å². The smallest absolute Gasteiger partial charge is 0.268 e. The Hall–Kier alpha value is -2.33. The number of ketones is 1. The van der Waals surface area contributed by atoms with Crippen LogP contribution in [-0.4, -0.2) is 24.3 Å². The second kappa shape index (κ2) is 6.05. The maximum atomic E-state index is 12.5. The zero-order valence-electron chi connectivity index (χ0n) is 12.9. The zero-order chi connectivity index (χ0) is 16.6. The summed E-state index contributed by atoms with van der Waals surface area (Å²) >= 11 is 5.93. The molecule has 23 heavy (non-hydrogen) atoms. The van der Waals surface area contributed by atoms with Gasteiger partial charge in [-0.3, -0.25) is 14.5 Å². The number of carbonyl (C=O) groups excluding carboxylic acids is 2. The fourth-order valence-electron chi connectivity index (χ4n) is 2.58. The number of hydrogen-bond donors (Lipinski definition) is 0. The van der Waals surface area contributed by atoms with Crippen molar-refractivity contribution in [3.05, 3.63) is 58.6 Å². The Bertz CT molecular complexity index is 788. The molecule has 0 spiro atoms. The minimum Gasteiger partial charge on any atom is -0.479 e. The Morgan fingerprint density at radius 3 is 2.78 bits per heavy atom. The predicted octanol–water partition coefficient (Wildman–Crippen LogP) is 3.65. The van der Waals surface area contributed by atoms with Crippen LogP contribution >= 0.6 is 11.6 Å². The molecule has 0 saturated carbocycles. The second-order valence-corrected chi connectivity index (χ2v) is 6.03. The van der Waals surface area contributed by atoms with E-state index < -0.39 is 6.10 Å². The fraction of sp³-hybridized carbons (Fsp3) is 0.222. The number of hydrogen-bond acceptors (Lipinski definition) is 3. The first-order valence-corrected chi connectivity index (χ1v) is 7.71. The number of nitrogens with zero attached hydrogens (tertiary/aromatic N) is 1. The molecule has 2 aromatic rings. The van der Waals surface area contributed by atoms with Crippen LogP contribution in [0.1, 0.15) is 22.8 Å². The van der Waals surface area contributed by atoms with Crippen molar-refractivity contribution in [2.24, 2.45) is 0 Å². The molecule has 1 atom stereocenters. The highest BCUT2D eigenvalue weighted by Crippen LogP contribution is 2.34. The zero-order valence-corrected chi connectivity index (χ0v) is 13.6. The minimum atomic E-state index is -0.614. The fourth-order valence-corrected chi connectivity index (χ4v) is 2.77. The molecule has 0 unspecified atom stereocenters. The van der Waals surface area contributed by atoms with Gasteiger partial charge in [0.25, 0.3) is 5.91 Å². The molecule has 0 N–H and O–H groups in total. The van der Waals surface area contributed by atoms with Crippen LogP contribution in [0.2, 0.25) is 5.02 Å². The van der Waals surface area contributed by atoms with Crippen molar-refractivity contribution < 1.29 is 14.3 Å². The third-order valence-corrected chi connectivity index (χ3v) is 4.01. The summed E-state index contributed by atoms with van der Waals surface area (Å²) in [7, 11) is 0. The summed E-state index contributed by atoms with van der Waals surface area (Å²) in [5.41, 5.74) is 2.11. The third-order valence-electron chi connectivity index (χ3n) is 3.77. The maximum absolute atomic E-state index is 12.5. The van der Waals surface area contributed by atoms with Crippen molar-refractivity contribution >= 4 is 29.0 Å². The van der Waals surface area contributed by atoms with E-state index in [1.807, 2.05) is 25.1 Å². The summed E-state index contributed by atoms with van der Waals surface area (Å²) in [6.07, 6.45) is -0.614. The first-order valence-electron chi connectivity index (χ1n) is 7.33. The Morgan fingerprint density at radius 1 is 1.26 bits per heavy atom. The molecule has 5 heteroatoms. The molecule has 1 heterocycles. The Kier molecular flexibility index (Phi) is 4.09. The van der Waals surface area contributed by atoms with Gasteiger partial charge in [0, 0.05) is 10.6 Å². The number of anilines is 1. The van der Waals surface area contributed by atoms with Crippen LogP contribution in [0, 0.1) is 6.92 Å². The number of rotatable bonds is 3. The first-order chi connectivity index (χ1) is 11.0. The lowest BCUT2D eigenvalue weighted by atomic mass is 10.1. The molecular weight excluding hydrogens is 314 g/mol. The lowest BCUT2D eigenvalue weighted by Crippen LogP contribution is -2.46. The standard InChI is InChI=1S/C18H16ClNO3/c1-11-6-7-17-15(8-11)20(18(22)12(2)23-17)10-16(21)13-4-3-5-14(19)9-13/h3-9,12H,10H2,1-2H3/t12-/m1/s1. The Morgan fingerprint density at radius 2 is 2.04 bits per heavy atom. The van der Waals surface area contributed by atoms with E-state index >= 15 is 0 Å². The molecule has 118 valence electrons. The van der Waals surface area contributed by atoms with Crippen molar-refractivity contribution in [1.29, 1.82) is 0 Å². The van der Waals surface area contributed by atoms with Gasteiger partial charge in [0.2, 0.25) is 0 Å². The first kappa shape index (κ1) is 15.6. The monoisotopic (exact) mass is 329 g/mol. The Balaban J connectivity index is 1.94. The largest absolute Gasteiger partial charge is 0.479 e. The Labute approximate surface area is 139 Å². The van der Waals surface area contributed by atoms with Gasteiger partial charge >= 0.3 is 0 Å². The van der Waals surface area contributed by atoms with E-state index in [0.717, 1.165) is 5.56 Å². The summed E-state index contributed by atoms with van der Waals surface area (Å²) in [6.45, 7) is 3.57. The predicted molar refractivity (Wildman–Crippen MR) is 89.4 cm³/mol. The molecule has 1 aliphatic heterocycles. The van der Waals surface area contributed by atoms with Crippen LogP contribution in [-0.2, 0) is 4.79 Å². The van der Waals surface area contributed by atoms with Gasteiger partial charge in [-0.05, 0) is 43.7 Å². The summed E-state index contributed by atoms with van der Waals surface area (Å²) in [6, 6.07) is 12.3. The van der Waals surface area contributed by atoms with Crippen molar-refractivity contribution in [3.63, 3.8) is 0 Å². The van der Waals surface area contributed by atoms with Gasteiger partial charge < -0.3 is 4.74 Å². The maximum Gasteiger partial charge on any atom is 0.268 e. The average molecular weight is 330 g/mol. The van der Waals surface area contributed by atoms with E-state index in [0.29, 0.717) is 22.0 Å². The molecule has 1 amide bonds. The van der Waals surface area contributed by atoms with Crippen molar-refractivity contribution in [3.8, 4) is 5.75 Å².